The van der Waals surface area contributed by atoms with Crippen molar-refractivity contribution in [1.29, 1.82) is 0 Å². The van der Waals surface area contributed by atoms with E-state index in [1.165, 1.54) is 23.4 Å². The van der Waals surface area contributed by atoms with Crippen LogP contribution in [-0.4, -0.2) is 77.4 Å². The Bertz CT molecular complexity index is 1150. The summed E-state index contributed by atoms with van der Waals surface area (Å²) in [5, 5.41) is 33.7. The smallest absolute Gasteiger partial charge is 0.211 e. The van der Waals surface area contributed by atoms with Gasteiger partial charge < -0.3 is 20.1 Å². The first kappa shape index (κ1) is 29.8. The molecule has 7 nitrogen and oxygen atoms in total. The minimum Gasteiger partial charge on any atom is -0.393 e. The van der Waals surface area contributed by atoms with Crippen LogP contribution in [0.25, 0.3) is 0 Å². The van der Waals surface area contributed by atoms with E-state index in [1.807, 2.05) is 0 Å². The van der Waals surface area contributed by atoms with Crippen LogP contribution in [-0.2, 0) is 14.8 Å². The lowest BCUT2D eigenvalue weighted by atomic mass is 9.41. The van der Waals surface area contributed by atoms with E-state index in [-0.39, 0.29) is 59.0 Å². The van der Waals surface area contributed by atoms with Gasteiger partial charge >= 0.3 is 0 Å². The van der Waals surface area contributed by atoms with E-state index in [4.69, 9.17) is 4.74 Å². The van der Waals surface area contributed by atoms with Gasteiger partial charge in [-0.05, 0) is 111 Å². The van der Waals surface area contributed by atoms with Crippen LogP contribution in [0.15, 0.2) is 0 Å². The lowest BCUT2D eigenvalue weighted by molar-refractivity contribution is -0.182. The van der Waals surface area contributed by atoms with Crippen LogP contribution < -0.4 is 0 Å². The second-order valence-electron chi connectivity index (χ2n) is 17.0. The lowest BCUT2D eigenvalue weighted by Gasteiger charge is -2.63. The van der Waals surface area contributed by atoms with E-state index in [1.54, 1.807) is 13.8 Å². The number of aliphatic hydroxyl groups is 3. The average Bonchev–Trinajstić information content (AvgIpc) is 3.45. The molecule has 12 atom stereocenters. The van der Waals surface area contributed by atoms with Crippen molar-refractivity contribution in [2.24, 2.45) is 50.7 Å². The Hall–Kier alpha value is -0.250. The highest BCUT2D eigenvalue weighted by atomic mass is 32.2. The zero-order chi connectivity index (χ0) is 29.5. The Balaban J connectivity index is 1.30. The van der Waals surface area contributed by atoms with Gasteiger partial charge in [0.1, 0.15) is 0 Å². The van der Waals surface area contributed by atoms with Crippen LogP contribution in [0.4, 0.5) is 0 Å². The number of aliphatic hydroxyl groups excluding tert-OH is 2. The van der Waals surface area contributed by atoms with Crippen LogP contribution in [0, 0.1) is 50.7 Å². The average molecular weight is 582 g/mol. The van der Waals surface area contributed by atoms with Crippen molar-refractivity contribution in [2.45, 2.75) is 130 Å². The number of hydrogen-bond acceptors (Lipinski definition) is 6. The molecular weight excluding hydrogens is 526 g/mol. The summed E-state index contributed by atoms with van der Waals surface area (Å²) in [6, 6.07) is 0. The van der Waals surface area contributed by atoms with Gasteiger partial charge in [0.25, 0.3) is 0 Å². The van der Waals surface area contributed by atoms with Crippen molar-refractivity contribution in [1.82, 2.24) is 4.31 Å². The molecule has 1 saturated heterocycles. The first-order chi connectivity index (χ1) is 18.2. The Kier molecular flexibility index (Phi) is 6.47. The van der Waals surface area contributed by atoms with E-state index in [0.29, 0.717) is 23.2 Å². The molecule has 3 N–H and O–H groups in total. The fraction of sp³-hybridized carbons (Fsp3) is 1.00. The molecule has 5 saturated carbocycles. The number of rotatable bonds is 5. The summed E-state index contributed by atoms with van der Waals surface area (Å²) < 4.78 is 33.4. The molecule has 2 spiro atoms. The summed E-state index contributed by atoms with van der Waals surface area (Å²) in [7, 11) is -3.53. The normalized spacial score (nSPS) is 53.2. The van der Waals surface area contributed by atoms with Crippen molar-refractivity contribution in [2.75, 3.05) is 19.3 Å². The van der Waals surface area contributed by atoms with Gasteiger partial charge in [0, 0.05) is 18.5 Å². The Morgan fingerprint density at radius 2 is 1.60 bits per heavy atom. The summed E-state index contributed by atoms with van der Waals surface area (Å²) in [6.45, 7) is 15.1. The second kappa shape index (κ2) is 8.68. The molecule has 0 radical (unpaired) electrons. The van der Waals surface area contributed by atoms with Gasteiger partial charge in [-0.2, -0.15) is 4.31 Å². The lowest BCUT2D eigenvalue weighted by Crippen LogP contribution is -2.59. The number of sulfonamides is 1. The quantitative estimate of drug-likeness (QED) is 0.450. The minimum absolute atomic E-state index is 0.0189. The fourth-order valence-corrected chi connectivity index (χ4v) is 13.5. The van der Waals surface area contributed by atoms with Crippen molar-refractivity contribution < 1.29 is 28.5 Å². The molecular formula is C32H55NO6S. The topological polar surface area (TPSA) is 107 Å². The maximum absolute atomic E-state index is 12.6. The van der Waals surface area contributed by atoms with E-state index >= 15 is 0 Å². The van der Waals surface area contributed by atoms with Gasteiger partial charge in [0.15, 0.2) is 0 Å². The predicted molar refractivity (Wildman–Crippen MR) is 155 cm³/mol. The summed E-state index contributed by atoms with van der Waals surface area (Å²) in [5.74, 6) is 1.53. The summed E-state index contributed by atoms with van der Waals surface area (Å²) in [6.07, 6.45) is 8.32. The van der Waals surface area contributed by atoms with E-state index in [0.717, 1.165) is 38.5 Å². The standard InChI is InChI=1S/C32H55NO6S/c1-19-15-20(16-33(40(8,37)38)18-27(2,3)36)39-25-24(19)29(6)13-14-32-17-31(32)12-11-23(34)28(4,5)21(31)9-10-22(32)30(29,7)26(25)35/h19-26,34-36H,9-18H2,1-8H3/t19-,20?,21+,22?,23+,24+,25?,26+,29-,30-,31-,32+/m1/s1. The Morgan fingerprint density at radius 1 is 0.975 bits per heavy atom. The molecule has 40 heavy (non-hydrogen) atoms. The molecule has 8 heteroatoms. The molecule has 0 aromatic rings. The van der Waals surface area contributed by atoms with E-state index in [2.05, 4.69) is 34.6 Å². The largest absolute Gasteiger partial charge is 0.393 e. The predicted octanol–water partition coefficient (Wildman–Crippen LogP) is 4.19. The van der Waals surface area contributed by atoms with Crippen LogP contribution in [0.5, 0.6) is 0 Å². The molecule has 0 aromatic carbocycles. The van der Waals surface area contributed by atoms with Gasteiger partial charge in [-0.25, -0.2) is 8.42 Å². The van der Waals surface area contributed by atoms with Crippen molar-refractivity contribution in [3.63, 3.8) is 0 Å². The molecule has 6 rings (SSSR count). The number of hydrogen-bond donors (Lipinski definition) is 3. The molecule has 6 aliphatic rings. The van der Waals surface area contributed by atoms with Crippen LogP contribution in [0.2, 0.25) is 0 Å². The third-order valence-corrected chi connectivity index (χ3v) is 15.5. The van der Waals surface area contributed by atoms with Crippen LogP contribution in [0.1, 0.15) is 99.8 Å². The Labute approximate surface area is 242 Å². The van der Waals surface area contributed by atoms with Crippen molar-refractivity contribution in [3.8, 4) is 0 Å². The van der Waals surface area contributed by atoms with Gasteiger partial charge in [0.05, 0.1) is 36.3 Å². The molecule has 6 fully saturated rings. The third kappa shape index (κ3) is 3.74. The third-order valence-electron chi connectivity index (χ3n) is 14.3. The minimum atomic E-state index is -3.53. The monoisotopic (exact) mass is 581 g/mol. The van der Waals surface area contributed by atoms with Gasteiger partial charge in [-0.15, -0.1) is 0 Å². The maximum atomic E-state index is 12.6. The van der Waals surface area contributed by atoms with Crippen molar-refractivity contribution in [3.05, 3.63) is 0 Å². The molecule has 1 aliphatic heterocycles. The highest BCUT2D eigenvalue weighted by Crippen LogP contribution is 2.89. The molecule has 0 amide bonds. The maximum Gasteiger partial charge on any atom is 0.211 e. The second-order valence-corrected chi connectivity index (χ2v) is 19.0. The summed E-state index contributed by atoms with van der Waals surface area (Å²) in [4.78, 5) is 0. The Morgan fingerprint density at radius 3 is 2.23 bits per heavy atom. The highest BCUT2D eigenvalue weighted by molar-refractivity contribution is 7.88. The molecule has 0 aromatic heterocycles. The van der Waals surface area contributed by atoms with E-state index < -0.39 is 21.7 Å². The van der Waals surface area contributed by atoms with Crippen LogP contribution in [0.3, 0.4) is 0 Å². The zero-order valence-electron chi connectivity index (χ0n) is 26.1. The van der Waals surface area contributed by atoms with Crippen LogP contribution >= 0.6 is 0 Å². The molecule has 1 heterocycles. The van der Waals surface area contributed by atoms with Crippen molar-refractivity contribution >= 4 is 10.0 Å². The molecule has 0 bridgehead atoms. The van der Waals surface area contributed by atoms with Gasteiger partial charge in [-0.1, -0.05) is 34.6 Å². The first-order valence-electron chi connectivity index (χ1n) is 15.9. The van der Waals surface area contributed by atoms with Gasteiger partial charge in [0.2, 0.25) is 10.0 Å². The summed E-state index contributed by atoms with van der Waals surface area (Å²) in [5.41, 5.74) is -0.942. The first-order valence-corrected chi connectivity index (χ1v) is 17.8. The summed E-state index contributed by atoms with van der Waals surface area (Å²) >= 11 is 0. The number of ether oxygens (including phenoxy) is 1. The van der Waals surface area contributed by atoms with E-state index in [9.17, 15) is 23.7 Å². The molecule has 5 aliphatic carbocycles. The molecule has 3 unspecified atom stereocenters. The fourth-order valence-electron chi connectivity index (χ4n) is 12.5. The number of fused-ring (bicyclic) bond motifs is 4. The zero-order valence-corrected chi connectivity index (χ0v) is 26.9. The highest BCUT2D eigenvalue weighted by Gasteiger charge is 2.84. The number of nitrogens with zero attached hydrogens (tertiary/aromatic N) is 1. The van der Waals surface area contributed by atoms with Gasteiger partial charge in [-0.3, -0.25) is 0 Å². The SMILES string of the molecule is C[C@@H]1CC(CN(CC(C)(C)O)S(C)(=O)=O)OC2[C@H]1[C@@]1(C)CC[C@@]34C[C@@]35CC[C@H](O)C(C)(C)[C@@H]5CCC4[C@]1(C)[C@H]2O. The molecule has 230 valence electrons.